The van der Waals surface area contributed by atoms with Crippen LogP contribution >= 0.6 is 22.9 Å². The highest BCUT2D eigenvalue weighted by Crippen LogP contribution is 2.41. The molecule has 4 rings (SSSR count). The first-order valence-corrected chi connectivity index (χ1v) is 9.80. The molecule has 28 heavy (non-hydrogen) atoms. The molecule has 4 aromatic rings. The zero-order chi connectivity index (χ0) is 19.8. The first kappa shape index (κ1) is 18.7. The first-order valence-electron chi connectivity index (χ1n) is 8.60. The lowest BCUT2D eigenvalue weighted by Gasteiger charge is -2.11. The number of nitrogens with zero attached hydrogens (tertiary/aromatic N) is 2. The summed E-state index contributed by atoms with van der Waals surface area (Å²) in [7, 11) is 1.58. The Bertz CT molecular complexity index is 1170. The van der Waals surface area contributed by atoms with Crippen molar-refractivity contribution in [1.82, 2.24) is 9.97 Å². The highest BCUT2D eigenvalue weighted by molar-refractivity contribution is 7.19. The molecule has 0 saturated carbocycles. The van der Waals surface area contributed by atoms with Crippen LogP contribution in [0.2, 0.25) is 5.02 Å². The largest absolute Gasteiger partial charge is 0.495 e. The SMILES string of the molecule is COc1ccc(Nc2nc(C)nc3sc(C)c(-c4ccc(F)cc4)c23)cc1Cl. The number of benzene rings is 2. The second-order valence-electron chi connectivity index (χ2n) is 6.31. The number of ether oxygens (including phenoxy) is 1. The molecule has 0 amide bonds. The molecule has 0 saturated heterocycles. The predicted molar refractivity (Wildman–Crippen MR) is 114 cm³/mol. The highest BCUT2D eigenvalue weighted by Gasteiger charge is 2.18. The van der Waals surface area contributed by atoms with E-state index in [0.717, 1.165) is 31.9 Å². The monoisotopic (exact) mass is 413 g/mol. The summed E-state index contributed by atoms with van der Waals surface area (Å²) < 4.78 is 18.6. The van der Waals surface area contributed by atoms with Crippen molar-refractivity contribution in [3.05, 3.63) is 64.0 Å². The maximum Gasteiger partial charge on any atom is 0.143 e. The molecule has 142 valence electrons. The zero-order valence-electron chi connectivity index (χ0n) is 15.5. The number of rotatable bonds is 4. The van der Waals surface area contributed by atoms with Gasteiger partial charge in [-0.25, -0.2) is 14.4 Å². The molecule has 0 atom stereocenters. The number of halogens is 2. The summed E-state index contributed by atoms with van der Waals surface area (Å²) in [5.41, 5.74) is 2.72. The molecule has 0 radical (unpaired) electrons. The van der Waals surface area contributed by atoms with Crippen LogP contribution in [-0.4, -0.2) is 17.1 Å². The lowest BCUT2D eigenvalue weighted by atomic mass is 10.0. The Labute approximate surface area is 171 Å². The Balaban J connectivity index is 1.88. The summed E-state index contributed by atoms with van der Waals surface area (Å²) in [5.74, 6) is 1.70. The summed E-state index contributed by atoms with van der Waals surface area (Å²) in [5, 5.41) is 4.77. The Morgan fingerprint density at radius 2 is 1.82 bits per heavy atom. The van der Waals surface area contributed by atoms with Crippen LogP contribution in [-0.2, 0) is 0 Å². The molecule has 2 heterocycles. The van der Waals surface area contributed by atoms with Gasteiger partial charge in [0.05, 0.1) is 17.5 Å². The normalized spacial score (nSPS) is 11.0. The van der Waals surface area contributed by atoms with Crippen LogP contribution in [0.1, 0.15) is 10.7 Å². The van der Waals surface area contributed by atoms with E-state index in [-0.39, 0.29) is 5.82 Å². The van der Waals surface area contributed by atoms with Gasteiger partial charge in [0.25, 0.3) is 0 Å². The third-order valence-electron chi connectivity index (χ3n) is 4.39. The minimum Gasteiger partial charge on any atom is -0.495 e. The van der Waals surface area contributed by atoms with Crippen molar-refractivity contribution in [3.8, 4) is 16.9 Å². The summed E-state index contributed by atoms with van der Waals surface area (Å²) >= 11 is 7.86. The van der Waals surface area contributed by atoms with Crippen LogP contribution in [0.5, 0.6) is 5.75 Å². The number of nitrogens with one attached hydrogen (secondary N) is 1. The third kappa shape index (κ3) is 3.41. The summed E-state index contributed by atoms with van der Waals surface area (Å²) in [6, 6.07) is 11.9. The second kappa shape index (κ2) is 7.37. The second-order valence-corrected chi connectivity index (χ2v) is 7.92. The maximum absolute atomic E-state index is 13.4. The fraction of sp³-hybridized carbons (Fsp3) is 0.143. The first-order chi connectivity index (χ1) is 13.5. The molecule has 2 aromatic carbocycles. The van der Waals surface area contributed by atoms with E-state index in [2.05, 4.69) is 15.3 Å². The minimum absolute atomic E-state index is 0.265. The van der Waals surface area contributed by atoms with Crippen LogP contribution in [0, 0.1) is 19.7 Å². The number of methoxy groups -OCH3 is 1. The van der Waals surface area contributed by atoms with Gasteiger partial charge in [-0.3, -0.25) is 0 Å². The Morgan fingerprint density at radius 3 is 2.50 bits per heavy atom. The molecule has 0 aliphatic heterocycles. The van der Waals surface area contributed by atoms with Crippen LogP contribution in [0.3, 0.4) is 0 Å². The number of hydrogen-bond acceptors (Lipinski definition) is 5. The van der Waals surface area contributed by atoms with Gasteiger partial charge in [-0.2, -0.15) is 0 Å². The number of thiophene rings is 1. The standard InChI is InChI=1S/C21H17ClFN3OS/c1-11-18(13-4-6-14(23)7-5-13)19-20(24-12(2)25-21(19)28-11)26-15-8-9-17(27-3)16(22)10-15/h4-10H,1-3H3,(H,24,25,26). The lowest BCUT2D eigenvalue weighted by molar-refractivity contribution is 0.415. The summed E-state index contributed by atoms with van der Waals surface area (Å²) in [6.07, 6.45) is 0. The molecular formula is C21H17ClFN3OS. The molecule has 0 spiro atoms. The van der Waals surface area contributed by atoms with E-state index in [1.807, 2.05) is 19.9 Å². The van der Waals surface area contributed by atoms with Crippen molar-refractivity contribution in [3.63, 3.8) is 0 Å². The van der Waals surface area contributed by atoms with Crippen LogP contribution in [0.15, 0.2) is 42.5 Å². The van der Waals surface area contributed by atoms with Crippen molar-refractivity contribution < 1.29 is 9.13 Å². The van der Waals surface area contributed by atoms with Gasteiger partial charge in [0, 0.05) is 16.1 Å². The molecule has 7 heteroatoms. The fourth-order valence-corrected chi connectivity index (χ4v) is 4.50. The Hall–Kier alpha value is -2.70. The Morgan fingerprint density at radius 1 is 1.07 bits per heavy atom. The van der Waals surface area contributed by atoms with Gasteiger partial charge in [-0.05, 0) is 49.7 Å². The summed E-state index contributed by atoms with van der Waals surface area (Å²) in [6.45, 7) is 3.90. The van der Waals surface area contributed by atoms with Crippen LogP contribution in [0.4, 0.5) is 15.9 Å². The highest BCUT2D eigenvalue weighted by atomic mass is 35.5. The smallest absolute Gasteiger partial charge is 0.143 e. The quantitative estimate of drug-likeness (QED) is 0.413. The lowest BCUT2D eigenvalue weighted by Crippen LogP contribution is -1.99. The van der Waals surface area contributed by atoms with E-state index in [0.29, 0.717) is 22.4 Å². The van der Waals surface area contributed by atoms with E-state index in [9.17, 15) is 4.39 Å². The average molecular weight is 414 g/mol. The van der Waals surface area contributed by atoms with E-state index < -0.39 is 0 Å². The van der Waals surface area contributed by atoms with Gasteiger partial charge in [-0.1, -0.05) is 23.7 Å². The van der Waals surface area contributed by atoms with Gasteiger partial charge < -0.3 is 10.1 Å². The molecular weight excluding hydrogens is 397 g/mol. The molecule has 0 fully saturated rings. The topological polar surface area (TPSA) is 47.0 Å². The number of aryl methyl sites for hydroxylation is 2. The number of fused-ring (bicyclic) bond motifs is 1. The van der Waals surface area contributed by atoms with Crippen molar-refractivity contribution in [2.24, 2.45) is 0 Å². The summed E-state index contributed by atoms with van der Waals surface area (Å²) in [4.78, 5) is 11.2. The van der Waals surface area contributed by atoms with Crippen LogP contribution < -0.4 is 10.1 Å². The van der Waals surface area contributed by atoms with Crippen molar-refractivity contribution in [1.29, 1.82) is 0 Å². The number of hydrogen-bond donors (Lipinski definition) is 1. The van der Waals surface area contributed by atoms with E-state index in [4.69, 9.17) is 16.3 Å². The fourth-order valence-electron chi connectivity index (χ4n) is 3.15. The predicted octanol–water partition coefficient (Wildman–Crippen LogP) is 6.52. The van der Waals surface area contributed by atoms with Gasteiger partial charge in [0.1, 0.15) is 28.0 Å². The number of anilines is 2. The van der Waals surface area contributed by atoms with Crippen molar-refractivity contribution >= 4 is 44.7 Å². The molecule has 0 bridgehead atoms. The number of aromatic nitrogens is 2. The molecule has 1 N–H and O–H groups in total. The Kier molecular flexibility index (Phi) is 4.91. The van der Waals surface area contributed by atoms with Gasteiger partial charge in [0.2, 0.25) is 0 Å². The van der Waals surface area contributed by atoms with E-state index >= 15 is 0 Å². The maximum atomic E-state index is 13.4. The van der Waals surface area contributed by atoms with Gasteiger partial charge >= 0.3 is 0 Å². The van der Waals surface area contributed by atoms with Crippen molar-refractivity contribution in [2.75, 3.05) is 12.4 Å². The minimum atomic E-state index is -0.265. The molecule has 0 aliphatic carbocycles. The zero-order valence-corrected chi connectivity index (χ0v) is 17.1. The van der Waals surface area contributed by atoms with Crippen molar-refractivity contribution in [2.45, 2.75) is 13.8 Å². The third-order valence-corrected chi connectivity index (χ3v) is 5.68. The molecule has 0 aliphatic rings. The van der Waals surface area contributed by atoms with Crippen LogP contribution in [0.25, 0.3) is 21.3 Å². The molecule has 2 aromatic heterocycles. The van der Waals surface area contributed by atoms with E-state index in [1.165, 1.54) is 12.1 Å². The van der Waals surface area contributed by atoms with Gasteiger partial charge in [0.15, 0.2) is 0 Å². The van der Waals surface area contributed by atoms with E-state index in [1.54, 1.807) is 42.7 Å². The molecule has 4 nitrogen and oxygen atoms in total. The molecule has 0 unspecified atom stereocenters. The average Bonchev–Trinajstić information content (AvgIpc) is 2.98. The van der Waals surface area contributed by atoms with Gasteiger partial charge in [-0.15, -0.1) is 11.3 Å².